The Labute approximate surface area is 189 Å². The molecule has 2 aromatic rings. The SMILES string of the molecule is O=C(Nc1nc(C(O)CO)cs1)C(=CC1CCCC1)c1ccc(S(=O)(=O)C2CC2)c(F)c1. The van der Waals surface area contributed by atoms with Gasteiger partial charge in [0.1, 0.15) is 16.8 Å². The largest absolute Gasteiger partial charge is 0.393 e. The number of hydrogen-bond acceptors (Lipinski definition) is 7. The Balaban J connectivity index is 1.63. The van der Waals surface area contributed by atoms with Gasteiger partial charge in [-0.2, -0.15) is 0 Å². The standard InChI is InChI=1S/C22H25FN2O5S2/c23-17-10-14(5-8-20(17)32(29,30)15-6-7-15)16(9-13-3-1-2-4-13)21(28)25-22-24-18(12-31-22)19(27)11-26/h5,8-10,12-13,15,19,26-27H,1-4,6-7,11H2,(H,24,25,28). The fourth-order valence-corrected chi connectivity index (χ4v) is 6.33. The van der Waals surface area contributed by atoms with Crippen LogP contribution in [0.4, 0.5) is 9.52 Å². The number of aromatic nitrogens is 1. The van der Waals surface area contributed by atoms with Crippen molar-refractivity contribution in [1.29, 1.82) is 0 Å². The number of carbonyl (C=O) groups excluding carboxylic acids is 1. The minimum atomic E-state index is -3.69. The van der Waals surface area contributed by atoms with Gasteiger partial charge in [0.2, 0.25) is 0 Å². The third-order valence-corrected chi connectivity index (χ3v) is 8.89. The number of aliphatic hydroxyl groups is 2. The molecule has 1 aromatic carbocycles. The molecule has 10 heteroatoms. The zero-order valence-electron chi connectivity index (χ0n) is 17.3. The molecule has 0 spiro atoms. The minimum Gasteiger partial charge on any atom is -0.393 e. The molecule has 32 heavy (non-hydrogen) atoms. The second kappa shape index (κ2) is 9.38. The van der Waals surface area contributed by atoms with Crippen LogP contribution >= 0.6 is 11.3 Å². The van der Waals surface area contributed by atoms with Crippen molar-refractivity contribution in [3.63, 3.8) is 0 Å². The van der Waals surface area contributed by atoms with Gasteiger partial charge in [0.25, 0.3) is 5.91 Å². The predicted molar refractivity (Wildman–Crippen MR) is 119 cm³/mol. The number of amides is 1. The van der Waals surface area contributed by atoms with Crippen LogP contribution in [0, 0.1) is 11.7 Å². The number of anilines is 1. The van der Waals surface area contributed by atoms with Crippen molar-refractivity contribution >= 4 is 37.8 Å². The summed E-state index contributed by atoms with van der Waals surface area (Å²) < 4.78 is 39.7. The highest BCUT2D eigenvalue weighted by molar-refractivity contribution is 7.92. The number of allylic oxidation sites excluding steroid dienone is 1. The molecule has 3 N–H and O–H groups in total. The van der Waals surface area contributed by atoms with Gasteiger partial charge in [-0.3, -0.25) is 10.1 Å². The van der Waals surface area contributed by atoms with Crippen LogP contribution in [0.3, 0.4) is 0 Å². The van der Waals surface area contributed by atoms with Gasteiger partial charge in [-0.1, -0.05) is 25.0 Å². The zero-order valence-corrected chi connectivity index (χ0v) is 19.0. The maximum atomic E-state index is 14.8. The number of thiazole rings is 1. The molecule has 7 nitrogen and oxygen atoms in total. The first-order valence-electron chi connectivity index (χ1n) is 10.6. The van der Waals surface area contributed by atoms with Crippen molar-refractivity contribution in [2.75, 3.05) is 11.9 Å². The van der Waals surface area contributed by atoms with E-state index in [0.717, 1.165) is 43.1 Å². The van der Waals surface area contributed by atoms with Crippen molar-refractivity contribution in [2.45, 2.75) is 54.8 Å². The molecule has 2 aliphatic rings. The molecule has 1 amide bonds. The van der Waals surface area contributed by atoms with Gasteiger partial charge in [-0.25, -0.2) is 17.8 Å². The number of carbonyl (C=O) groups is 1. The van der Waals surface area contributed by atoms with E-state index < -0.39 is 39.5 Å². The molecule has 0 bridgehead atoms. The number of hydrogen-bond donors (Lipinski definition) is 3. The summed E-state index contributed by atoms with van der Waals surface area (Å²) in [7, 11) is -3.69. The summed E-state index contributed by atoms with van der Waals surface area (Å²) in [4.78, 5) is 16.9. The number of benzene rings is 1. The maximum absolute atomic E-state index is 14.8. The second-order valence-corrected chi connectivity index (χ2v) is 11.3. The highest BCUT2D eigenvalue weighted by Crippen LogP contribution is 2.36. The molecule has 2 fully saturated rings. The van der Waals surface area contributed by atoms with Gasteiger partial charge in [0.15, 0.2) is 15.0 Å². The summed E-state index contributed by atoms with van der Waals surface area (Å²) in [5, 5.41) is 22.7. The lowest BCUT2D eigenvalue weighted by Gasteiger charge is -2.12. The summed E-state index contributed by atoms with van der Waals surface area (Å²) >= 11 is 1.10. The Morgan fingerprint density at radius 2 is 2.00 bits per heavy atom. The molecule has 1 atom stereocenters. The topological polar surface area (TPSA) is 117 Å². The number of nitrogens with one attached hydrogen (secondary N) is 1. The smallest absolute Gasteiger partial charge is 0.257 e. The molecule has 1 heterocycles. The van der Waals surface area contributed by atoms with Crippen LogP contribution < -0.4 is 5.32 Å². The Morgan fingerprint density at radius 1 is 1.28 bits per heavy atom. The van der Waals surface area contributed by atoms with Gasteiger partial charge in [0.05, 0.1) is 17.6 Å². The molecule has 172 valence electrons. The van der Waals surface area contributed by atoms with Gasteiger partial charge in [-0.15, -0.1) is 11.3 Å². The summed E-state index contributed by atoms with van der Waals surface area (Å²) in [5.41, 5.74) is 0.800. The minimum absolute atomic E-state index is 0.178. The van der Waals surface area contributed by atoms with Crippen molar-refractivity contribution in [3.05, 3.63) is 46.7 Å². The molecule has 0 aliphatic heterocycles. The molecule has 0 radical (unpaired) electrons. The van der Waals surface area contributed by atoms with Crippen LogP contribution in [-0.4, -0.2) is 41.4 Å². The van der Waals surface area contributed by atoms with E-state index in [1.165, 1.54) is 17.5 Å². The molecule has 4 rings (SSSR count). The van der Waals surface area contributed by atoms with E-state index in [2.05, 4.69) is 10.3 Å². The highest BCUT2D eigenvalue weighted by atomic mass is 32.2. The van der Waals surface area contributed by atoms with Crippen LogP contribution in [-0.2, 0) is 14.6 Å². The van der Waals surface area contributed by atoms with Crippen molar-refractivity contribution in [2.24, 2.45) is 5.92 Å². The van der Waals surface area contributed by atoms with Gasteiger partial charge < -0.3 is 10.2 Å². The van der Waals surface area contributed by atoms with Crippen molar-refractivity contribution in [3.8, 4) is 0 Å². The zero-order chi connectivity index (χ0) is 22.9. The average Bonchev–Trinajstić information content (AvgIpc) is 3.33. The summed E-state index contributed by atoms with van der Waals surface area (Å²) in [6.45, 7) is -0.487. The van der Waals surface area contributed by atoms with E-state index in [4.69, 9.17) is 5.11 Å². The van der Waals surface area contributed by atoms with Crippen molar-refractivity contribution in [1.82, 2.24) is 4.98 Å². The Bertz CT molecular complexity index is 1130. The molecule has 2 aliphatic carbocycles. The molecule has 2 saturated carbocycles. The van der Waals surface area contributed by atoms with Gasteiger partial charge in [0, 0.05) is 11.0 Å². The van der Waals surface area contributed by atoms with Crippen LogP contribution in [0.5, 0.6) is 0 Å². The Kier molecular flexibility index (Phi) is 6.75. The summed E-state index contributed by atoms with van der Waals surface area (Å²) in [6, 6.07) is 3.83. The van der Waals surface area contributed by atoms with Gasteiger partial charge in [-0.05, 0) is 49.3 Å². The van der Waals surface area contributed by atoms with E-state index in [-0.39, 0.29) is 27.2 Å². The lowest BCUT2D eigenvalue weighted by Crippen LogP contribution is -2.16. The number of halogens is 1. The monoisotopic (exact) mass is 480 g/mol. The quantitative estimate of drug-likeness (QED) is 0.498. The fraction of sp³-hybridized carbons (Fsp3) is 0.455. The van der Waals surface area contributed by atoms with E-state index in [1.807, 2.05) is 6.08 Å². The second-order valence-electron chi connectivity index (χ2n) is 8.24. The van der Waals surface area contributed by atoms with Crippen LogP contribution in [0.15, 0.2) is 34.6 Å². The predicted octanol–water partition coefficient (Wildman–Crippen LogP) is 3.46. The van der Waals surface area contributed by atoms with Crippen LogP contribution in [0.1, 0.15) is 55.9 Å². The van der Waals surface area contributed by atoms with E-state index in [0.29, 0.717) is 18.4 Å². The lowest BCUT2D eigenvalue weighted by molar-refractivity contribution is -0.111. The normalized spacial score (nSPS) is 18.7. The van der Waals surface area contributed by atoms with E-state index in [9.17, 15) is 22.7 Å². The maximum Gasteiger partial charge on any atom is 0.257 e. The van der Waals surface area contributed by atoms with Gasteiger partial charge >= 0.3 is 0 Å². The fourth-order valence-electron chi connectivity index (χ4n) is 3.87. The molecule has 0 saturated heterocycles. The Morgan fingerprint density at radius 3 is 2.62 bits per heavy atom. The number of aliphatic hydroxyl groups excluding tert-OH is 2. The van der Waals surface area contributed by atoms with E-state index >= 15 is 0 Å². The van der Waals surface area contributed by atoms with Crippen LogP contribution in [0.2, 0.25) is 0 Å². The third kappa shape index (κ3) is 4.93. The number of rotatable bonds is 8. The number of sulfone groups is 1. The first-order valence-corrected chi connectivity index (χ1v) is 13.0. The molecule has 1 aromatic heterocycles. The number of nitrogens with zero attached hydrogens (tertiary/aromatic N) is 1. The molecular weight excluding hydrogens is 455 g/mol. The lowest BCUT2D eigenvalue weighted by atomic mass is 9.98. The highest BCUT2D eigenvalue weighted by Gasteiger charge is 2.38. The molecule has 1 unspecified atom stereocenters. The average molecular weight is 481 g/mol. The van der Waals surface area contributed by atoms with Crippen LogP contribution in [0.25, 0.3) is 5.57 Å². The van der Waals surface area contributed by atoms with Crippen molar-refractivity contribution < 1.29 is 27.8 Å². The molecular formula is C22H25FN2O5S2. The Hall–Kier alpha value is -2.14. The summed E-state index contributed by atoms with van der Waals surface area (Å²) in [5.74, 6) is -1.17. The summed E-state index contributed by atoms with van der Waals surface area (Å²) in [6.07, 6.45) is 5.73. The first-order chi connectivity index (χ1) is 15.3. The van der Waals surface area contributed by atoms with E-state index in [1.54, 1.807) is 0 Å². The first kappa shape index (κ1) is 23.0. The third-order valence-electron chi connectivity index (χ3n) is 5.82.